The van der Waals surface area contributed by atoms with Gasteiger partial charge >= 0.3 is 0 Å². The van der Waals surface area contributed by atoms with E-state index in [1.165, 1.54) is 12.3 Å². The summed E-state index contributed by atoms with van der Waals surface area (Å²) in [5.74, 6) is 0. The molecule has 0 atom stereocenters. The Kier molecular flexibility index (Phi) is 7.93. The second-order valence-electron chi connectivity index (χ2n) is 11.1. The van der Waals surface area contributed by atoms with E-state index in [4.69, 9.17) is 11.0 Å². The number of hydrogen-bond donors (Lipinski definition) is 0. The monoisotopic (exact) mass is 759 g/mol. The quantitative estimate of drug-likeness (QED) is 0.164. The van der Waals surface area contributed by atoms with E-state index in [2.05, 4.69) is 22.1 Å². The minimum atomic E-state index is -2.21. The van der Waals surface area contributed by atoms with Crippen LogP contribution in [-0.4, -0.2) is 9.97 Å². The van der Waals surface area contributed by atoms with E-state index in [1.54, 1.807) is 48.7 Å². The zero-order chi connectivity index (χ0) is 37.0. The molecule has 0 aliphatic rings. The summed E-state index contributed by atoms with van der Waals surface area (Å²) < 4.78 is 62.2. The summed E-state index contributed by atoms with van der Waals surface area (Å²) in [6.45, 7) is 1.36. The van der Waals surface area contributed by atoms with Crippen molar-refractivity contribution in [3.63, 3.8) is 0 Å². The van der Waals surface area contributed by atoms with E-state index >= 15 is 0 Å². The molecule has 0 saturated carbocycles. The SMILES string of the molecule is [2H]C([2H])([2H])c1ccc(-c2[c-]ccc(-c3ccccc3C([2H])([2H])[2H])c2)nc1.[2H]C([2H])(c1ccc(-c2ccnc(-c3[c-]cccc3)c2)cc1)C(C)(C)C.[Ir]. The number of pyridine rings is 2. The summed E-state index contributed by atoms with van der Waals surface area (Å²) in [4.78, 5) is 8.65. The summed E-state index contributed by atoms with van der Waals surface area (Å²) in [7, 11) is 0. The van der Waals surface area contributed by atoms with Gasteiger partial charge < -0.3 is 9.97 Å². The van der Waals surface area contributed by atoms with Gasteiger partial charge in [-0.15, -0.1) is 71.3 Å². The predicted molar refractivity (Wildman–Crippen MR) is 181 cm³/mol. The summed E-state index contributed by atoms with van der Waals surface area (Å²) in [6.07, 6.45) is 1.75. The van der Waals surface area contributed by atoms with E-state index in [1.807, 2.05) is 87.5 Å². The standard InChI is InChI=1S/C22H22N.C19H16N.Ir/c1-22(2,3)16-17-9-11-18(12-10-17)20-13-14-23-21(15-20)19-7-5-4-6-8-19;1-14-10-11-19(20-13-14)17-8-5-7-16(12-17)18-9-4-3-6-15(18)2;/h4-7,9-15H,16H2,1-3H3;3-7,9-13H,1-2H3;/q2*-1;/i16D2;1D3,2D3;. The zero-order valence-corrected chi connectivity index (χ0v) is 27.2. The van der Waals surface area contributed by atoms with Crippen molar-refractivity contribution in [1.29, 1.82) is 0 Å². The number of rotatable bonds is 5. The summed E-state index contributed by atoms with van der Waals surface area (Å²) in [5.41, 5.74) is 7.26. The molecule has 0 amide bonds. The van der Waals surface area contributed by atoms with Crippen molar-refractivity contribution in [3.05, 3.63) is 156 Å². The van der Waals surface area contributed by atoms with Crippen LogP contribution in [0.25, 0.3) is 44.8 Å². The molecule has 223 valence electrons. The molecule has 2 nitrogen and oxygen atoms in total. The maximum absolute atomic E-state index is 8.39. The number of aromatic nitrogens is 2. The number of aryl methyl sites for hydroxylation is 2. The fourth-order valence-corrected chi connectivity index (χ4v) is 4.56. The van der Waals surface area contributed by atoms with Crippen molar-refractivity contribution < 1.29 is 31.1 Å². The molecule has 6 aromatic rings. The van der Waals surface area contributed by atoms with Gasteiger partial charge in [0.05, 0.1) is 0 Å². The van der Waals surface area contributed by atoms with E-state index in [0.717, 1.165) is 27.9 Å². The van der Waals surface area contributed by atoms with Crippen molar-refractivity contribution in [2.45, 2.75) is 40.8 Å². The Morgan fingerprint density at radius 3 is 2.18 bits per heavy atom. The molecule has 1 radical (unpaired) electrons. The van der Waals surface area contributed by atoms with E-state index in [0.29, 0.717) is 22.4 Å². The Morgan fingerprint density at radius 2 is 1.48 bits per heavy atom. The molecule has 0 saturated heterocycles. The first-order valence-corrected chi connectivity index (χ1v) is 14.1. The van der Waals surface area contributed by atoms with Crippen LogP contribution >= 0.6 is 0 Å². The molecule has 0 aliphatic heterocycles. The minimum absolute atomic E-state index is 0. The smallest absolute Gasteiger partial charge is 0.0321 e. The summed E-state index contributed by atoms with van der Waals surface area (Å²) in [5, 5.41) is 0. The molecule has 44 heavy (non-hydrogen) atoms. The Balaban J connectivity index is 0.000000228. The second-order valence-corrected chi connectivity index (χ2v) is 11.1. The van der Waals surface area contributed by atoms with Crippen molar-refractivity contribution >= 4 is 0 Å². The van der Waals surface area contributed by atoms with Gasteiger partial charge in [-0.05, 0) is 76.3 Å². The molecule has 0 N–H and O–H groups in total. The van der Waals surface area contributed by atoms with E-state index in [-0.39, 0.29) is 31.2 Å². The Morgan fingerprint density at radius 1 is 0.682 bits per heavy atom. The molecular formula is C41H38IrN2-2. The van der Waals surface area contributed by atoms with Gasteiger partial charge in [-0.2, -0.15) is 0 Å². The van der Waals surface area contributed by atoms with Gasteiger partial charge in [0, 0.05) is 43.5 Å². The van der Waals surface area contributed by atoms with Crippen LogP contribution in [0.4, 0.5) is 0 Å². The average molecular weight is 759 g/mol. The normalized spacial score (nSPS) is 14.3. The van der Waals surface area contributed by atoms with Crippen LogP contribution in [0.2, 0.25) is 0 Å². The third-order valence-electron chi connectivity index (χ3n) is 6.56. The van der Waals surface area contributed by atoms with Crippen LogP contribution < -0.4 is 0 Å². The molecule has 0 bridgehead atoms. The Labute approximate surface area is 287 Å². The van der Waals surface area contributed by atoms with Crippen LogP contribution in [-0.2, 0) is 26.5 Å². The van der Waals surface area contributed by atoms with Crippen LogP contribution in [0.1, 0.15) is 48.4 Å². The van der Waals surface area contributed by atoms with Crippen LogP contribution in [0, 0.1) is 31.3 Å². The largest absolute Gasteiger partial charge is 0.305 e. The number of hydrogen-bond acceptors (Lipinski definition) is 2. The maximum Gasteiger partial charge on any atom is 0.0321 e. The van der Waals surface area contributed by atoms with Gasteiger partial charge in [-0.25, -0.2) is 0 Å². The van der Waals surface area contributed by atoms with Gasteiger partial charge in [-0.1, -0.05) is 87.5 Å². The molecule has 3 heteroatoms. The fraction of sp³-hybridized carbons (Fsp3) is 0.171. The maximum atomic E-state index is 8.39. The molecule has 0 fully saturated rings. The fourth-order valence-electron chi connectivity index (χ4n) is 4.56. The zero-order valence-electron chi connectivity index (χ0n) is 32.9. The van der Waals surface area contributed by atoms with Gasteiger partial charge in [0.2, 0.25) is 0 Å². The number of nitrogens with zero attached hydrogens (tertiary/aromatic N) is 2. The van der Waals surface area contributed by atoms with Crippen molar-refractivity contribution in [1.82, 2.24) is 9.97 Å². The summed E-state index contributed by atoms with van der Waals surface area (Å²) in [6, 6.07) is 41.1. The predicted octanol–water partition coefficient (Wildman–Crippen LogP) is 10.6. The van der Waals surface area contributed by atoms with Gasteiger partial charge in [0.1, 0.15) is 0 Å². The first-order valence-electron chi connectivity index (χ1n) is 18.1. The van der Waals surface area contributed by atoms with Crippen LogP contribution in [0.3, 0.4) is 0 Å². The van der Waals surface area contributed by atoms with Crippen LogP contribution in [0.15, 0.2) is 128 Å². The molecule has 0 unspecified atom stereocenters. The first kappa shape index (κ1) is 23.2. The van der Waals surface area contributed by atoms with Crippen molar-refractivity contribution in [2.24, 2.45) is 5.41 Å². The Hall–Kier alpha value is -4.17. The molecule has 2 aromatic heterocycles. The van der Waals surface area contributed by atoms with E-state index < -0.39 is 25.5 Å². The second kappa shape index (κ2) is 15.0. The molecule has 2 heterocycles. The third kappa shape index (κ3) is 8.92. The van der Waals surface area contributed by atoms with Gasteiger partial charge in [0.25, 0.3) is 0 Å². The van der Waals surface area contributed by atoms with E-state index in [9.17, 15) is 0 Å². The van der Waals surface area contributed by atoms with Crippen molar-refractivity contribution in [3.8, 4) is 44.8 Å². The van der Waals surface area contributed by atoms with Gasteiger partial charge in [0.15, 0.2) is 0 Å². The number of benzene rings is 4. The van der Waals surface area contributed by atoms with Crippen molar-refractivity contribution in [2.75, 3.05) is 0 Å². The van der Waals surface area contributed by atoms with Crippen LogP contribution in [0.5, 0.6) is 0 Å². The third-order valence-corrected chi connectivity index (χ3v) is 6.56. The molecule has 6 rings (SSSR count). The first-order chi connectivity index (χ1) is 23.9. The molecule has 0 spiro atoms. The van der Waals surface area contributed by atoms with Gasteiger partial charge in [-0.3, -0.25) is 0 Å². The summed E-state index contributed by atoms with van der Waals surface area (Å²) >= 11 is 0. The molecule has 0 aliphatic carbocycles. The average Bonchev–Trinajstić information content (AvgIpc) is 3.11. The Bertz CT molecular complexity index is 2070. The minimum Gasteiger partial charge on any atom is -0.305 e. The topological polar surface area (TPSA) is 25.8 Å². The molecular weight excluding hydrogens is 713 g/mol. The molecule has 4 aromatic carbocycles.